The second-order valence-corrected chi connectivity index (χ2v) is 7.56. The summed E-state index contributed by atoms with van der Waals surface area (Å²) >= 11 is 18.3. The third-order valence-corrected chi connectivity index (χ3v) is 5.06. The molecular weight excluding hydrogens is 447 g/mol. The molecule has 0 bridgehead atoms. The summed E-state index contributed by atoms with van der Waals surface area (Å²) in [7, 11) is 1.57. The van der Waals surface area contributed by atoms with Crippen molar-refractivity contribution in [3.05, 3.63) is 80.6 Å². The fourth-order valence-electron chi connectivity index (χ4n) is 2.76. The Hall–Kier alpha value is -2.47. The first-order valence-electron chi connectivity index (χ1n) is 9.11. The minimum absolute atomic E-state index is 0.167. The Morgan fingerprint density at radius 1 is 1.13 bits per heavy atom. The highest BCUT2D eigenvalue weighted by molar-refractivity contribution is 6.40. The van der Waals surface area contributed by atoms with E-state index in [1.165, 1.54) is 6.08 Å². The highest BCUT2D eigenvalue weighted by Gasteiger charge is 2.12. The molecule has 30 heavy (non-hydrogen) atoms. The van der Waals surface area contributed by atoms with Crippen LogP contribution in [0.3, 0.4) is 0 Å². The summed E-state index contributed by atoms with van der Waals surface area (Å²) in [6.07, 6.45) is 4.98. The van der Waals surface area contributed by atoms with E-state index in [9.17, 15) is 4.79 Å². The molecule has 0 amide bonds. The van der Waals surface area contributed by atoms with Crippen molar-refractivity contribution in [1.29, 1.82) is 0 Å². The number of rotatable bonds is 8. The van der Waals surface area contributed by atoms with Gasteiger partial charge in [-0.1, -0.05) is 46.9 Å². The Morgan fingerprint density at radius 2 is 1.87 bits per heavy atom. The van der Waals surface area contributed by atoms with Gasteiger partial charge in [0.05, 0.1) is 17.2 Å². The number of aryl methyl sites for hydroxylation is 1. The van der Waals surface area contributed by atoms with E-state index in [1.54, 1.807) is 48.3 Å². The van der Waals surface area contributed by atoms with E-state index in [4.69, 9.17) is 44.3 Å². The van der Waals surface area contributed by atoms with Crippen LogP contribution in [0, 0.1) is 0 Å². The Morgan fingerprint density at radius 3 is 2.50 bits per heavy atom. The van der Waals surface area contributed by atoms with Crippen LogP contribution in [0.4, 0.5) is 0 Å². The molecule has 0 saturated carbocycles. The first-order valence-corrected chi connectivity index (χ1v) is 10.2. The fraction of sp³-hybridized carbons (Fsp3) is 0.182. The van der Waals surface area contributed by atoms with Crippen molar-refractivity contribution < 1.29 is 14.3 Å². The van der Waals surface area contributed by atoms with Crippen LogP contribution >= 0.6 is 34.8 Å². The van der Waals surface area contributed by atoms with Gasteiger partial charge in [-0.25, -0.2) is 0 Å². The van der Waals surface area contributed by atoms with E-state index >= 15 is 0 Å². The van der Waals surface area contributed by atoms with E-state index in [0.29, 0.717) is 38.8 Å². The standard InChI is InChI=1S/C22H19Cl3N2O3/c1-3-27-9-8-19(26-27)20(28)6-4-14-5-7-21(29-2)15(10-14)13-30-22-17(24)11-16(23)12-18(22)25/h4-12H,3,13H2,1-2H3/b6-4+. The number of hydrogen-bond donors (Lipinski definition) is 0. The molecule has 0 saturated heterocycles. The van der Waals surface area contributed by atoms with Gasteiger partial charge in [-0.05, 0) is 48.9 Å². The maximum absolute atomic E-state index is 12.3. The highest BCUT2D eigenvalue weighted by atomic mass is 35.5. The van der Waals surface area contributed by atoms with Gasteiger partial charge in [0.15, 0.2) is 5.75 Å². The Balaban J connectivity index is 1.77. The number of carbonyl (C=O) groups excluding carboxylic acids is 1. The number of allylic oxidation sites excluding steroid dienone is 1. The van der Waals surface area contributed by atoms with Crippen molar-refractivity contribution in [3.63, 3.8) is 0 Å². The van der Waals surface area contributed by atoms with Crippen LogP contribution in [0.25, 0.3) is 6.08 Å². The van der Waals surface area contributed by atoms with Gasteiger partial charge >= 0.3 is 0 Å². The number of halogens is 3. The van der Waals surface area contributed by atoms with Crippen molar-refractivity contribution in [1.82, 2.24) is 9.78 Å². The third kappa shape index (κ3) is 5.36. The lowest BCUT2D eigenvalue weighted by Gasteiger charge is -2.13. The average molecular weight is 466 g/mol. The fourth-order valence-corrected chi connectivity index (χ4v) is 3.68. The van der Waals surface area contributed by atoms with Crippen LogP contribution in [-0.2, 0) is 13.2 Å². The molecule has 156 valence electrons. The minimum atomic E-state index is -0.171. The molecule has 0 unspecified atom stereocenters. The molecule has 0 aliphatic heterocycles. The normalized spacial score (nSPS) is 11.1. The molecular formula is C22H19Cl3N2O3. The molecule has 0 spiro atoms. The summed E-state index contributed by atoms with van der Waals surface area (Å²) in [5.74, 6) is 0.810. The Labute approximate surface area is 189 Å². The molecule has 3 aromatic rings. The number of nitrogens with zero attached hydrogens (tertiary/aromatic N) is 2. The number of carbonyl (C=O) groups is 1. The topological polar surface area (TPSA) is 53.4 Å². The quantitative estimate of drug-likeness (QED) is 0.287. The summed E-state index contributed by atoms with van der Waals surface area (Å²) in [5, 5.41) is 5.28. The maximum Gasteiger partial charge on any atom is 0.206 e. The van der Waals surface area contributed by atoms with Gasteiger partial charge in [-0.15, -0.1) is 0 Å². The Kier molecular flexibility index (Phi) is 7.43. The van der Waals surface area contributed by atoms with Crippen molar-refractivity contribution in [2.24, 2.45) is 0 Å². The molecule has 1 heterocycles. The molecule has 5 nitrogen and oxygen atoms in total. The van der Waals surface area contributed by atoms with E-state index in [0.717, 1.165) is 11.1 Å². The van der Waals surface area contributed by atoms with Crippen LogP contribution in [-0.4, -0.2) is 22.7 Å². The van der Waals surface area contributed by atoms with Crippen LogP contribution in [0.1, 0.15) is 28.5 Å². The number of ether oxygens (including phenoxy) is 2. The van der Waals surface area contributed by atoms with E-state index in [-0.39, 0.29) is 12.4 Å². The largest absolute Gasteiger partial charge is 0.496 e. The van der Waals surface area contributed by atoms with Gasteiger partial charge in [-0.3, -0.25) is 9.48 Å². The van der Waals surface area contributed by atoms with Crippen LogP contribution in [0.5, 0.6) is 11.5 Å². The zero-order valence-corrected chi connectivity index (χ0v) is 18.6. The second-order valence-electron chi connectivity index (χ2n) is 6.31. The number of benzene rings is 2. The number of aromatic nitrogens is 2. The molecule has 8 heteroatoms. The lowest BCUT2D eigenvalue weighted by atomic mass is 10.1. The summed E-state index contributed by atoms with van der Waals surface area (Å²) in [5.41, 5.74) is 1.98. The molecule has 3 rings (SSSR count). The van der Waals surface area contributed by atoms with Gasteiger partial charge in [-0.2, -0.15) is 5.10 Å². The summed E-state index contributed by atoms with van der Waals surface area (Å²) < 4.78 is 12.9. The highest BCUT2D eigenvalue weighted by Crippen LogP contribution is 2.36. The minimum Gasteiger partial charge on any atom is -0.496 e. The molecule has 2 aromatic carbocycles. The Bertz CT molecular complexity index is 1070. The first kappa shape index (κ1) is 22.2. The number of hydrogen-bond acceptors (Lipinski definition) is 4. The zero-order chi connectivity index (χ0) is 21.7. The number of methoxy groups -OCH3 is 1. The SMILES string of the molecule is CCn1ccc(C(=O)/C=C/c2ccc(OC)c(COc3c(Cl)cc(Cl)cc3Cl)c2)n1. The molecule has 0 atom stereocenters. The van der Waals surface area contributed by atoms with E-state index < -0.39 is 0 Å². The predicted octanol–water partition coefficient (Wildman–Crippen LogP) is 6.35. The molecule has 0 aliphatic carbocycles. The van der Waals surface area contributed by atoms with Crippen molar-refractivity contribution >= 4 is 46.7 Å². The van der Waals surface area contributed by atoms with Crippen molar-refractivity contribution in [3.8, 4) is 11.5 Å². The van der Waals surface area contributed by atoms with Crippen molar-refractivity contribution in [2.75, 3.05) is 7.11 Å². The molecule has 0 aliphatic rings. The van der Waals surface area contributed by atoms with Gasteiger partial charge in [0.25, 0.3) is 0 Å². The molecule has 0 fully saturated rings. The summed E-state index contributed by atoms with van der Waals surface area (Å²) in [6, 6.07) is 10.3. The maximum atomic E-state index is 12.3. The van der Waals surface area contributed by atoms with Crippen LogP contribution < -0.4 is 9.47 Å². The lowest BCUT2D eigenvalue weighted by Crippen LogP contribution is -2.01. The van der Waals surface area contributed by atoms with Gasteiger partial charge < -0.3 is 9.47 Å². The molecule has 0 radical (unpaired) electrons. The third-order valence-electron chi connectivity index (χ3n) is 4.28. The van der Waals surface area contributed by atoms with Crippen LogP contribution in [0.2, 0.25) is 15.1 Å². The summed E-state index contributed by atoms with van der Waals surface area (Å²) in [4.78, 5) is 12.3. The monoisotopic (exact) mass is 464 g/mol. The van der Waals surface area contributed by atoms with Crippen molar-refractivity contribution in [2.45, 2.75) is 20.1 Å². The smallest absolute Gasteiger partial charge is 0.206 e. The number of ketones is 1. The van der Waals surface area contributed by atoms with Gasteiger partial charge in [0.2, 0.25) is 5.78 Å². The second kappa shape index (κ2) is 10.0. The molecule has 1 aromatic heterocycles. The molecule has 0 N–H and O–H groups in total. The van der Waals surface area contributed by atoms with Gasteiger partial charge in [0, 0.05) is 23.3 Å². The van der Waals surface area contributed by atoms with Crippen LogP contribution in [0.15, 0.2) is 48.7 Å². The summed E-state index contributed by atoms with van der Waals surface area (Å²) in [6.45, 7) is 2.84. The van der Waals surface area contributed by atoms with E-state index in [2.05, 4.69) is 5.10 Å². The lowest BCUT2D eigenvalue weighted by molar-refractivity contribution is 0.104. The zero-order valence-electron chi connectivity index (χ0n) is 16.4. The predicted molar refractivity (Wildman–Crippen MR) is 120 cm³/mol. The van der Waals surface area contributed by atoms with Gasteiger partial charge in [0.1, 0.15) is 18.1 Å². The average Bonchev–Trinajstić information content (AvgIpc) is 3.20. The first-order chi connectivity index (χ1) is 14.4. The van der Waals surface area contributed by atoms with E-state index in [1.807, 2.05) is 19.1 Å².